The topological polar surface area (TPSA) is 54.1 Å². The number of hydrogen-bond acceptors (Lipinski definition) is 6. The molecular formula is C26H36N4S2. The molecule has 0 spiro atoms. The molecule has 6 heteroatoms. The Bertz CT molecular complexity index is 823. The van der Waals surface area contributed by atoms with Gasteiger partial charge in [0.15, 0.2) is 0 Å². The minimum atomic E-state index is -0.393. The molecule has 2 unspecified atom stereocenters. The van der Waals surface area contributed by atoms with Gasteiger partial charge in [0.1, 0.15) is 0 Å². The molecule has 0 aliphatic carbocycles. The number of nitrogens with zero attached hydrogens (tertiary/aromatic N) is 4. The van der Waals surface area contributed by atoms with Crippen LogP contribution in [0.5, 0.6) is 0 Å². The molecule has 2 atom stereocenters. The largest absolute Gasteiger partial charge is 0.301 e. The van der Waals surface area contributed by atoms with Crippen LogP contribution >= 0.6 is 22.7 Å². The predicted molar refractivity (Wildman–Crippen MR) is 135 cm³/mol. The van der Waals surface area contributed by atoms with E-state index in [2.05, 4.69) is 84.7 Å². The Labute approximate surface area is 202 Å². The summed E-state index contributed by atoms with van der Waals surface area (Å²) in [6.07, 6.45) is 1.76. The summed E-state index contributed by atoms with van der Waals surface area (Å²) < 4.78 is 0. The lowest BCUT2D eigenvalue weighted by molar-refractivity contribution is 0.116. The first-order valence-electron chi connectivity index (χ1n) is 11.7. The summed E-state index contributed by atoms with van der Waals surface area (Å²) in [6.45, 7) is 14.7. The van der Waals surface area contributed by atoms with Crippen LogP contribution in [-0.2, 0) is 10.8 Å². The van der Waals surface area contributed by atoms with Crippen molar-refractivity contribution in [3.63, 3.8) is 0 Å². The van der Waals surface area contributed by atoms with E-state index in [0.29, 0.717) is 11.8 Å². The van der Waals surface area contributed by atoms with Crippen LogP contribution in [0, 0.1) is 34.5 Å². The van der Waals surface area contributed by atoms with E-state index in [-0.39, 0.29) is 0 Å². The van der Waals surface area contributed by atoms with E-state index in [1.165, 1.54) is 9.75 Å². The van der Waals surface area contributed by atoms with Crippen molar-refractivity contribution in [2.75, 3.05) is 39.3 Å². The van der Waals surface area contributed by atoms with Gasteiger partial charge >= 0.3 is 0 Å². The second-order valence-electron chi connectivity index (χ2n) is 9.61. The van der Waals surface area contributed by atoms with Crippen molar-refractivity contribution < 1.29 is 0 Å². The summed E-state index contributed by atoms with van der Waals surface area (Å²) in [7, 11) is 0. The summed E-state index contributed by atoms with van der Waals surface area (Å²) in [5, 5.41) is 24.3. The highest BCUT2D eigenvalue weighted by atomic mass is 32.1. The SMILES string of the molecule is CC(C)C(C#N)(CCN1CCN(CCC(C#N)(c2cccs2)C(C)C)CC1)c1cccs1. The standard InChI is InChI=1S/C26H36N4S2/c1-21(2)25(19-27,23-7-5-17-31-23)9-11-29-13-15-30(16-14-29)12-10-26(20-28,22(3)4)24-8-6-18-32-24/h5-8,17-18,21-22H,9-16H2,1-4H3. The highest BCUT2D eigenvalue weighted by Gasteiger charge is 2.39. The molecule has 0 radical (unpaired) electrons. The summed E-state index contributed by atoms with van der Waals surface area (Å²) >= 11 is 3.41. The molecule has 1 saturated heterocycles. The Morgan fingerprint density at radius 1 is 0.781 bits per heavy atom. The fourth-order valence-corrected chi connectivity index (χ4v) is 6.95. The van der Waals surface area contributed by atoms with Gasteiger partial charge in [-0.1, -0.05) is 39.8 Å². The summed E-state index contributed by atoms with van der Waals surface area (Å²) in [4.78, 5) is 7.42. The fourth-order valence-electron chi connectivity index (χ4n) is 4.84. The van der Waals surface area contributed by atoms with E-state index in [4.69, 9.17) is 0 Å². The van der Waals surface area contributed by atoms with Gasteiger partial charge in [-0.2, -0.15) is 10.5 Å². The fraction of sp³-hybridized carbons (Fsp3) is 0.615. The first kappa shape index (κ1) is 24.9. The molecular weight excluding hydrogens is 432 g/mol. The molecule has 1 aliphatic rings. The summed E-state index contributed by atoms with van der Waals surface area (Å²) in [5.41, 5.74) is -0.786. The molecule has 32 heavy (non-hydrogen) atoms. The highest BCUT2D eigenvalue weighted by Crippen LogP contribution is 2.39. The van der Waals surface area contributed by atoms with E-state index < -0.39 is 10.8 Å². The van der Waals surface area contributed by atoms with E-state index in [9.17, 15) is 10.5 Å². The molecule has 0 amide bonds. The molecule has 2 aromatic heterocycles. The lowest BCUT2D eigenvalue weighted by Gasteiger charge is -2.39. The lowest BCUT2D eigenvalue weighted by atomic mass is 9.74. The minimum Gasteiger partial charge on any atom is -0.301 e. The van der Waals surface area contributed by atoms with E-state index in [0.717, 1.165) is 52.1 Å². The minimum absolute atomic E-state index is 0.292. The quantitative estimate of drug-likeness (QED) is 0.446. The smallest absolute Gasteiger partial charge is 0.0949 e. The Kier molecular flexibility index (Phi) is 8.53. The van der Waals surface area contributed by atoms with Crippen LogP contribution in [0.15, 0.2) is 35.0 Å². The van der Waals surface area contributed by atoms with Crippen molar-refractivity contribution in [1.82, 2.24) is 9.80 Å². The van der Waals surface area contributed by atoms with Gasteiger partial charge in [0.25, 0.3) is 0 Å². The van der Waals surface area contributed by atoms with Crippen molar-refractivity contribution in [2.45, 2.75) is 51.4 Å². The van der Waals surface area contributed by atoms with Crippen molar-refractivity contribution in [3.05, 3.63) is 44.8 Å². The monoisotopic (exact) mass is 468 g/mol. The third-order valence-corrected chi connectivity index (χ3v) is 9.50. The van der Waals surface area contributed by atoms with Crippen LogP contribution in [0.3, 0.4) is 0 Å². The van der Waals surface area contributed by atoms with Crippen LogP contribution in [0.1, 0.15) is 50.3 Å². The third kappa shape index (κ3) is 5.10. The van der Waals surface area contributed by atoms with E-state index in [1.807, 2.05) is 0 Å². The Morgan fingerprint density at radius 2 is 1.16 bits per heavy atom. The number of rotatable bonds is 10. The van der Waals surface area contributed by atoms with Gasteiger partial charge in [-0.25, -0.2) is 0 Å². The maximum absolute atomic E-state index is 10.1. The number of thiophene rings is 2. The third-order valence-electron chi connectivity index (χ3n) is 7.40. The molecule has 0 saturated carbocycles. The first-order chi connectivity index (χ1) is 15.4. The van der Waals surface area contributed by atoms with Crippen molar-refractivity contribution >= 4 is 22.7 Å². The van der Waals surface area contributed by atoms with Crippen molar-refractivity contribution in [3.8, 4) is 12.1 Å². The molecule has 0 bridgehead atoms. The zero-order valence-corrected chi connectivity index (χ0v) is 21.5. The number of hydrogen-bond donors (Lipinski definition) is 0. The summed E-state index contributed by atoms with van der Waals surface area (Å²) in [6, 6.07) is 13.7. The van der Waals surface area contributed by atoms with Crippen molar-refractivity contribution in [1.29, 1.82) is 10.5 Å². The van der Waals surface area contributed by atoms with Gasteiger partial charge < -0.3 is 9.80 Å². The lowest BCUT2D eigenvalue weighted by Crippen LogP contribution is -2.49. The van der Waals surface area contributed by atoms with Gasteiger partial charge in [0.05, 0.1) is 23.0 Å². The molecule has 172 valence electrons. The Hall–Kier alpha value is -1.70. The molecule has 1 aliphatic heterocycles. The number of piperazine rings is 1. The average Bonchev–Trinajstić information content (AvgIpc) is 3.51. The molecule has 2 aromatic rings. The van der Waals surface area contributed by atoms with Gasteiger partial charge in [-0.3, -0.25) is 0 Å². The molecule has 0 aromatic carbocycles. The first-order valence-corrected chi connectivity index (χ1v) is 13.5. The normalized spacial score (nSPS) is 19.4. The molecule has 0 N–H and O–H groups in total. The molecule has 1 fully saturated rings. The van der Waals surface area contributed by atoms with E-state index in [1.54, 1.807) is 22.7 Å². The Morgan fingerprint density at radius 3 is 1.41 bits per heavy atom. The highest BCUT2D eigenvalue weighted by molar-refractivity contribution is 7.10. The number of nitriles is 2. The van der Waals surface area contributed by atoms with Crippen LogP contribution in [0.4, 0.5) is 0 Å². The molecule has 3 rings (SSSR count). The maximum Gasteiger partial charge on any atom is 0.0949 e. The van der Waals surface area contributed by atoms with Gasteiger partial charge in [-0.15, -0.1) is 22.7 Å². The van der Waals surface area contributed by atoms with E-state index >= 15 is 0 Å². The molecule has 4 nitrogen and oxygen atoms in total. The maximum atomic E-state index is 10.1. The molecule has 3 heterocycles. The average molecular weight is 469 g/mol. The predicted octanol–water partition coefficient (Wildman–Crippen LogP) is 5.74. The zero-order chi connectivity index (χ0) is 23.2. The van der Waals surface area contributed by atoms with Crippen LogP contribution in [0.25, 0.3) is 0 Å². The van der Waals surface area contributed by atoms with Crippen LogP contribution in [0.2, 0.25) is 0 Å². The van der Waals surface area contributed by atoms with Crippen LogP contribution in [-0.4, -0.2) is 49.1 Å². The zero-order valence-electron chi connectivity index (χ0n) is 19.9. The van der Waals surface area contributed by atoms with Gasteiger partial charge in [0.2, 0.25) is 0 Å². The Balaban J connectivity index is 1.54. The summed E-state index contributed by atoms with van der Waals surface area (Å²) in [5.74, 6) is 0.583. The second kappa shape index (κ2) is 10.9. The van der Waals surface area contributed by atoms with Gasteiger partial charge in [0, 0.05) is 49.0 Å². The second-order valence-corrected chi connectivity index (χ2v) is 11.5. The van der Waals surface area contributed by atoms with Crippen molar-refractivity contribution in [2.24, 2.45) is 11.8 Å². The van der Waals surface area contributed by atoms with Gasteiger partial charge in [-0.05, 0) is 47.6 Å². The van der Waals surface area contributed by atoms with Crippen LogP contribution < -0.4 is 0 Å².